The number of hydrogen-bond acceptors (Lipinski definition) is 4. The third kappa shape index (κ3) is 4.17. The summed E-state index contributed by atoms with van der Waals surface area (Å²) >= 11 is 0. The predicted octanol–water partition coefficient (Wildman–Crippen LogP) is 2.03. The van der Waals surface area contributed by atoms with Gasteiger partial charge in [-0.1, -0.05) is 24.6 Å². The van der Waals surface area contributed by atoms with Crippen molar-refractivity contribution >= 4 is 11.8 Å². The van der Waals surface area contributed by atoms with E-state index in [9.17, 15) is 9.59 Å². The van der Waals surface area contributed by atoms with Crippen LogP contribution in [0, 0.1) is 13.8 Å². The van der Waals surface area contributed by atoms with E-state index in [-0.39, 0.29) is 18.2 Å². The van der Waals surface area contributed by atoms with Gasteiger partial charge in [0, 0.05) is 5.56 Å². The molecule has 19 heavy (non-hydrogen) atoms. The van der Waals surface area contributed by atoms with Crippen molar-refractivity contribution in [2.24, 2.45) is 0 Å². The molecule has 0 spiro atoms. The van der Waals surface area contributed by atoms with E-state index < -0.39 is 6.04 Å². The standard InChI is InChI=1S/C15H21NO3/c1-5-16-13(9-14(17)19-4)15(18)12-8-10(2)6-7-11(12)3/h6-8,13,16H,5,9H2,1-4H3. The zero-order valence-electron chi connectivity index (χ0n) is 11.9. The number of likely N-dealkylation sites (N-methyl/N-ethyl adjacent to an activating group) is 1. The largest absolute Gasteiger partial charge is 0.469 e. The van der Waals surface area contributed by atoms with Crippen molar-refractivity contribution in [2.45, 2.75) is 33.2 Å². The molecule has 0 fully saturated rings. The lowest BCUT2D eigenvalue weighted by atomic mass is 9.96. The van der Waals surface area contributed by atoms with Crippen molar-refractivity contribution in [2.75, 3.05) is 13.7 Å². The fourth-order valence-electron chi connectivity index (χ4n) is 1.94. The number of ketones is 1. The summed E-state index contributed by atoms with van der Waals surface area (Å²) in [4.78, 5) is 23.9. The molecule has 0 aromatic heterocycles. The van der Waals surface area contributed by atoms with Crippen LogP contribution < -0.4 is 5.32 Å². The molecule has 0 amide bonds. The third-order valence-corrected chi connectivity index (χ3v) is 3.02. The summed E-state index contributed by atoms with van der Waals surface area (Å²) in [6.45, 7) is 6.37. The van der Waals surface area contributed by atoms with Crippen molar-refractivity contribution in [3.63, 3.8) is 0 Å². The molecule has 1 aromatic carbocycles. The second-order valence-electron chi connectivity index (χ2n) is 4.57. The van der Waals surface area contributed by atoms with Crippen LogP contribution in [0.1, 0.15) is 34.8 Å². The summed E-state index contributed by atoms with van der Waals surface area (Å²) in [6.07, 6.45) is 0.0521. The number of carbonyl (C=O) groups excluding carboxylic acids is 2. The van der Waals surface area contributed by atoms with E-state index in [4.69, 9.17) is 0 Å². The number of ether oxygens (including phenoxy) is 1. The number of Topliss-reactive ketones (excluding diaryl/α,β-unsaturated/α-hetero) is 1. The molecule has 4 heteroatoms. The van der Waals surface area contributed by atoms with E-state index in [1.807, 2.05) is 39.0 Å². The van der Waals surface area contributed by atoms with Crippen LogP contribution in [0.25, 0.3) is 0 Å². The molecule has 0 bridgehead atoms. The maximum Gasteiger partial charge on any atom is 0.307 e. The molecule has 104 valence electrons. The average Bonchev–Trinajstić information content (AvgIpc) is 2.40. The lowest BCUT2D eigenvalue weighted by Crippen LogP contribution is -2.39. The Balaban J connectivity index is 2.98. The molecule has 0 aliphatic rings. The van der Waals surface area contributed by atoms with Gasteiger partial charge in [-0.05, 0) is 32.0 Å². The number of benzene rings is 1. The monoisotopic (exact) mass is 263 g/mol. The first-order valence-corrected chi connectivity index (χ1v) is 6.41. The van der Waals surface area contributed by atoms with E-state index >= 15 is 0 Å². The van der Waals surface area contributed by atoms with Crippen LogP contribution in [-0.4, -0.2) is 31.4 Å². The van der Waals surface area contributed by atoms with Crippen LogP contribution in [0.4, 0.5) is 0 Å². The summed E-state index contributed by atoms with van der Waals surface area (Å²) in [6, 6.07) is 5.22. The van der Waals surface area contributed by atoms with Gasteiger partial charge in [-0.15, -0.1) is 0 Å². The van der Waals surface area contributed by atoms with Crippen LogP contribution >= 0.6 is 0 Å². The second-order valence-corrected chi connectivity index (χ2v) is 4.57. The summed E-state index contributed by atoms with van der Waals surface area (Å²) in [7, 11) is 1.33. The van der Waals surface area contributed by atoms with Crippen LogP contribution in [0.5, 0.6) is 0 Å². The number of methoxy groups -OCH3 is 1. The van der Waals surface area contributed by atoms with E-state index in [1.54, 1.807) is 0 Å². The molecule has 1 rings (SSSR count). The molecule has 0 radical (unpaired) electrons. The van der Waals surface area contributed by atoms with Gasteiger partial charge in [0.25, 0.3) is 0 Å². The van der Waals surface area contributed by atoms with Gasteiger partial charge in [0.2, 0.25) is 0 Å². The summed E-state index contributed by atoms with van der Waals surface area (Å²) < 4.78 is 4.64. The normalized spacial score (nSPS) is 12.0. The Morgan fingerprint density at radius 3 is 2.58 bits per heavy atom. The molecular weight excluding hydrogens is 242 g/mol. The summed E-state index contributed by atoms with van der Waals surface area (Å²) in [5, 5.41) is 3.04. The Bertz CT molecular complexity index is 468. The van der Waals surface area contributed by atoms with E-state index in [2.05, 4.69) is 10.1 Å². The molecule has 0 saturated carbocycles. The molecule has 0 aliphatic heterocycles. The fraction of sp³-hybridized carbons (Fsp3) is 0.467. The van der Waals surface area contributed by atoms with Gasteiger partial charge in [0.1, 0.15) is 0 Å². The minimum absolute atomic E-state index is 0.0521. The molecule has 4 nitrogen and oxygen atoms in total. The molecule has 0 aliphatic carbocycles. The van der Waals surface area contributed by atoms with E-state index in [1.165, 1.54) is 7.11 Å². The van der Waals surface area contributed by atoms with Crippen LogP contribution in [-0.2, 0) is 9.53 Å². The highest BCUT2D eigenvalue weighted by atomic mass is 16.5. The fourth-order valence-corrected chi connectivity index (χ4v) is 1.94. The maximum atomic E-state index is 12.5. The third-order valence-electron chi connectivity index (χ3n) is 3.02. The van der Waals surface area contributed by atoms with Crippen molar-refractivity contribution in [3.05, 3.63) is 34.9 Å². The van der Waals surface area contributed by atoms with Crippen LogP contribution in [0.15, 0.2) is 18.2 Å². The quantitative estimate of drug-likeness (QED) is 0.630. The molecule has 0 saturated heterocycles. The predicted molar refractivity (Wildman–Crippen MR) is 74.3 cm³/mol. The molecular formula is C15H21NO3. The molecule has 1 atom stereocenters. The van der Waals surface area contributed by atoms with Crippen molar-refractivity contribution < 1.29 is 14.3 Å². The van der Waals surface area contributed by atoms with Crippen molar-refractivity contribution in [3.8, 4) is 0 Å². The number of carbonyl (C=O) groups is 2. The molecule has 1 aromatic rings. The lowest BCUT2D eigenvalue weighted by Gasteiger charge is -2.17. The SMILES string of the molecule is CCNC(CC(=O)OC)C(=O)c1cc(C)ccc1C. The van der Waals surface area contributed by atoms with E-state index in [0.29, 0.717) is 12.1 Å². The first-order valence-electron chi connectivity index (χ1n) is 6.41. The zero-order chi connectivity index (χ0) is 14.4. The molecule has 1 N–H and O–H groups in total. The zero-order valence-corrected chi connectivity index (χ0v) is 11.9. The highest BCUT2D eigenvalue weighted by molar-refractivity contribution is 6.03. The van der Waals surface area contributed by atoms with Crippen molar-refractivity contribution in [1.29, 1.82) is 0 Å². The topological polar surface area (TPSA) is 55.4 Å². The van der Waals surface area contributed by atoms with Gasteiger partial charge in [-0.25, -0.2) is 0 Å². The minimum atomic E-state index is -0.530. The van der Waals surface area contributed by atoms with Gasteiger partial charge in [0.15, 0.2) is 5.78 Å². The van der Waals surface area contributed by atoms with E-state index in [0.717, 1.165) is 11.1 Å². The van der Waals surface area contributed by atoms with Gasteiger partial charge in [-0.2, -0.15) is 0 Å². The first-order chi connectivity index (χ1) is 8.99. The Morgan fingerprint density at radius 2 is 2.00 bits per heavy atom. The van der Waals surface area contributed by atoms with Gasteiger partial charge in [-0.3, -0.25) is 9.59 Å². The smallest absolute Gasteiger partial charge is 0.307 e. The Labute approximate surface area is 114 Å². The first kappa shape index (κ1) is 15.4. The summed E-state index contributed by atoms with van der Waals surface area (Å²) in [5.74, 6) is -0.446. The number of rotatable bonds is 6. The van der Waals surface area contributed by atoms with Gasteiger partial charge < -0.3 is 10.1 Å². The summed E-state index contributed by atoms with van der Waals surface area (Å²) in [5.41, 5.74) is 2.61. The van der Waals surface area contributed by atoms with Crippen LogP contribution in [0.3, 0.4) is 0 Å². The minimum Gasteiger partial charge on any atom is -0.469 e. The molecule has 0 heterocycles. The Hall–Kier alpha value is -1.68. The number of hydrogen-bond donors (Lipinski definition) is 1. The maximum absolute atomic E-state index is 12.5. The lowest BCUT2D eigenvalue weighted by molar-refractivity contribution is -0.140. The molecule has 1 unspecified atom stereocenters. The Kier molecular flexibility index (Phi) is 5.70. The van der Waals surface area contributed by atoms with Gasteiger partial charge >= 0.3 is 5.97 Å². The van der Waals surface area contributed by atoms with Gasteiger partial charge in [0.05, 0.1) is 19.6 Å². The highest BCUT2D eigenvalue weighted by Crippen LogP contribution is 2.14. The Morgan fingerprint density at radius 1 is 1.32 bits per heavy atom. The average molecular weight is 263 g/mol. The van der Waals surface area contributed by atoms with Crippen LogP contribution in [0.2, 0.25) is 0 Å². The second kappa shape index (κ2) is 7.04. The number of aryl methyl sites for hydroxylation is 2. The highest BCUT2D eigenvalue weighted by Gasteiger charge is 2.23. The van der Waals surface area contributed by atoms with Crippen molar-refractivity contribution in [1.82, 2.24) is 5.32 Å². The number of nitrogens with one attached hydrogen (secondary N) is 1. The number of esters is 1.